The number of Topliss-reactive ketones (excluding diaryl/α,β-unsaturated/α-hetero) is 2. The number of rotatable bonds is 19. The molecule has 14 nitrogen and oxygen atoms in total. The van der Waals surface area contributed by atoms with Crippen LogP contribution in [0.5, 0.6) is 5.75 Å². The van der Waals surface area contributed by atoms with E-state index in [1.54, 1.807) is 55.9 Å². The minimum atomic E-state index is -0.764. The number of carbonyl (C=O) groups excluding carboxylic acids is 5. The van der Waals surface area contributed by atoms with Crippen LogP contribution < -0.4 is 15.4 Å². The van der Waals surface area contributed by atoms with E-state index in [2.05, 4.69) is 44.6 Å². The first-order valence-corrected chi connectivity index (χ1v) is 20.7. The molecule has 322 valence electrons. The van der Waals surface area contributed by atoms with Crippen LogP contribution in [0.1, 0.15) is 70.7 Å². The third-order valence-electron chi connectivity index (χ3n) is 10.9. The highest BCUT2D eigenvalue weighted by Crippen LogP contribution is 2.34. The Balaban J connectivity index is 1.05. The summed E-state index contributed by atoms with van der Waals surface area (Å²) in [7, 11) is 1.56. The molecule has 14 heteroatoms. The van der Waals surface area contributed by atoms with Gasteiger partial charge in [0, 0.05) is 77.2 Å². The molecule has 5 aromatic rings. The fraction of sp³-hybridized carbons (Fsp3) is 0.292. The fourth-order valence-corrected chi connectivity index (χ4v) is 7.48. The Morgan fingerprint density at radius 2 is 1.68 bits per heavy atom. The number of benzene rings is 3. The summed E-state index contributed by atoms with van der Waals surface area (Å²) in [5.41, 5.74) is 8.58. The molecule has 6 rings (SSSR count). The number of fused-ring (bicyclic) bond motifs is 1. The van der Waals surface area contributed by atoms with Crippen LogP contribution in [0.15, 0.2) is 91.3 Å². The highest BCUT2D eigenvalue weighted by molar-refractivity contribution is 6.29. The smallest absolute Gasteiger partial charge is 0.331 e. The number of anilines is 2. The Bertz CT molecular complexity index is 2460. The summed E-state index contributed by atoms with van der Waals surface area (Å²) in [6.45, 7) is 10.9. The predicted molar refractivity (Wildman–Crippen MR) is 240 cm³/mol. The number of allylic oxidation sites excluding steroid dienone is 1. The molecule has 0 atom stereocenters. The number of methoxy groups -OCH3 is 1. The largest absolute Gasteiger partial charge is 0.497 e. The van der Waals surface area contributed by atoms with Gasteiger partial charge in [0.2, 0.25) is 5.91 Å². The van der Waals surface area contributed by atoms with Gasteiger partial charge in [0.1, 0.15) is 12.4 Å². The van der Waals surface area contributed by atoms with Crippen molar-refractivity contribution in [2.75, 3.05) is 50.5 Å². The van der Waals surface area contributed by atoms with Crippen LogP contribution in [-0.4, -0.2) is 94.4 Å². The van der Waals surface area contributed by atoms with Gasteiger partial charge in [-0.2, -0.15) is 5.10 Å². The maximum absolute atomic E-state index is 13.5. The predicted octanol–water partition coefficient (Wildman–Crippen LogP) is 7.77. The molecule has 0 saturated heterocycles. The van der Waals surface area contributed by atoms with Crippen LogP contribution in [0.2, 0.25) is 0 Å². The van der Waals surface area contributed by atoms with Crippen molar-refractivity contribution >= 4 is 52.5 Å². The van der Waals surface area contributed by atoms with Gasteiger partial charge in [0.25, 0.3) is 0 Å². The molecular formula is C48H53N7O7. The lowest BCUT2D eigenvalue weighted by Crippen LogP contribution is -2.37. The Morgan fingerprint density at radius 3 is 2.40 bits per heavy atom. The zero-order valence-electron chi connectivity index (χ0n) is 35.8. The number of esters is 1. The van der Waals surface area contributed by atoms with Crippen molar-refractivity contribution in [1.82, 2.24) is 25.0 Å². The summed E-state index contributed by atoms with van der Waals surface area (Å²) >= 11 is 0. The van der Waals surface area contributed by atoms with Crippen molar-refractivity contribution in [1.29, 1.82) is 0 Å². The fourth-order valence-electron chi connectivity index (χ4n) is 7.48. The first kappa shape index (κ1) is 44.5. The van der Waals surface area contributed by atoms with Gasteiger partial charge >= 0.3 is 12.0 Å². The van der Waals surface area contributed by atoms with Crippen molar-refractivity contribution in [2.45, 2.75) is 53.5 Å². The van der Waals surface area contributed by atoms with Crippen LogP contribution in [0.4, 0.5) is 16.2 Å². The van der Waals surface area contributed by atoms with E-state index in [0.717, 1.165) is 71.7 Å². The van der Waals surface area contributed by atoms with Crippen LogP contribution in [0.3, 0.4) is 0 Å². The van der Waals surface area contributed by atoms with E-state index in [9.17, 15) is 24.0 Å². The first-order chi connectivity index (χ1) is 30.0. The van der Waals surface area contributed by atoms with E-state index in [4.69, 9.17) is 9.47 Å². The van der Waals surface area contributed by atoms with Gasteiger partial charge < -0.3 is 34.9 Å². The van der Waals surface area contributed by atoms with E-state index >= 15 is 0 Å². The lowest BCUT2D eigenvalue weighted by molar-refractivity contribution is -0.138. The number of amides is 3. The van der Waals surface area contributed by atoms with Gasteiger partial charge in [-0.05, 0) is 110 Å². The highest BCUT2D eigenvalue weighted by Gasteiger charge is 2.27. The number of ketones is 2. The van der Waals surface area contributed by atoms with E-state index in [-0.39, 0.29) is 37.7 Å². The van der Waals surface area contributed by atoms with Gasteiger partial charge in [-0.15, -0.1) is 0 Å². The standard InChI is InChI=1S/C48H53N7O7/c1-6-54(7-2)21-9-12-43(56)47-31(3)42(51-32(47)4)27-41-40-26-38(18-15-35(40)25-44(41)57)52-45(58)19-20-46(59)62-23-22-55(30-33-10-8-11-39(24-33)61-5)48(60)53-37-16-13-34(14-17-37)36-28-49-50-29-36/h8,10-11,13-20,24,26-29,51H,6-7,9,12,21-23,25,30H2,1-5H3,(H,49,50)(H,52,58)(H,53,60)/b20-19-,41-27-. The maximum atomic E-state index is 13.5. The summed E-state index contributed by atoms with van der Waals surface area (Å²) in [6, 6.07) is 19.5. The van der Waals surface area contributed by atoms with Crippen molar-refractivity contribution in [2.24, 2.45) is 0 Å². The van der Waals surface area contributed by atoms with Gasteiger partial charge in [0.15, 0.2) is 11.6 Å². The number of hydrogen-bond acceptors (Lipinski definition) is 9. The molecule has 1 aliphatic carbocycles. The molecule has 3 amide bonds. The van der Waals surface area contributed by atoms with E-state index in [1.165, 1.54) is 4.90 Å². The summed E-state index contributed by atoms with van der Waals surface area (Å²) in [5, 5.41) is 12.4. The molecule has 3 aromatic carbocycles. The van der Waals surface area contributed by atoms with E-state index in [0.29, 0.717) is 45.9 Å². The van der Waals surface area contributed by atoms with Gasteiger partial charge in [-0.25, -0.2) is 9.59 Å². The molecule has 4 N–H and O–H groups in total. The monoisotopic (exact) mass is 839 g/mol. The summed E-state index contributed by atoms with van der Waals surface area (Å²) in [4.78, 5) is 72.7. The Hall–Kier alpha value is -7.06. The average molecular weight is 840 g/mol. The zero-order chi connectivity index (χ0) is 44.2. The van der Waals surface area contributed by atoms with E-state index in [1.807, 2.05) is 50.2 Å². The molecule has 2 aromatic heterocycles. The third-order valence-corrected chi connectivity index (χ3v) is 10.9. The summed E-state index contributed by atoms with van der Waals surface area (Å²) in [5.74, 6) is -0.689. The normalized spacial score (nSPS) is 12.8. The van der Waals surface area contributed by atoms with Crippen LogP contribution in [0.25, 0.3) is 22.8 Å². The van der Waals surface area contributed by atoms with Gasteiger partial charge in [-0.3, -0.25) is 19.5 Å². The molecule has 62 heavy (non-hydrogen) atoms. The van der Waals surface area contributed by atoms with Crippen molar-refractivity contribution in [3.63, 3.8) is 0 Å². The number of aromatic nitrogens is 3. The molecule has 0 aliphatic heterocycles. The minimum Gasteiger partial charge on any atom is -0.497 e. The second kappa shape index (κ2) is 21.0. The molecular weight excluding hydrogens is 787 g/mol. The van der Waals surface area contributed by atoms with Gasteiger partial charge in [0.05, 0.1) is 19.9 Å². The number of H-pyrrole nitrogens is 2. The van der Waals surface area contributed by atoms with E-state index < -0.39 is 17.9 Å². The van der Waals surface area contributed by atoms with Gasteiger partial charge in [-0.1, -0.05) is 44.2 Å². The lowest BCUT2D eigenvalue weighted by Gasteiger charge is -2.23. The second-order valence-electron chi connectivity index (χ2n) is 15.0. The molecule has 1 aliphatic rings. The SMILES string of the molecule is CCN(CC)CCCC(=O)c1c(C)[nH]c(/C=C2\C(=O)Cc3ccc(NC(=O)/C=C\C(=O)OCCN(Cc4cccc(OC)c4)C(=O)Nc4ccc(-c5cn[nH]c5)cc4)cc32)c1C. The molecule has 2 heterocycles. The zero-order valence-corrected chi connectivity index (χ0v) is 35.8. The number of carbonyl (C=O) groups is 5. The number of aromatic amines is 2. The maximum Gasteiger partial charge on any atom is 0.331 e. The molecule has 0 bridgehead atoms. The topological polar surface area (TPSA) is 179 Å². The molecule has 0 radical (unpaired) electrons. The second-order valence-corrected chi connectivity index (χ2v) is 15.0. The van der Waals surface area contributed by atoms with Crippen LogP contribution in [-0.2, 0) is 32.1 Å². The minimum absolute atomic E-state index is 0.0573. The number of ether oxygens (including phenoxy) is 2. The Morgan fingerprint density at radius 1 is 0.903 bits per heavy atom. The molecule has 0 unspecified atom stereocenters. The Kier molecular flexibility index (Phi) is 15.0. The molecule has 0 fully saturated rings. The number of hydrogen-bond donors (Lipinski definition) is 4. The number of urea groups is 1. The van der Waals surface area contributed by atoms with Crippen molar-refractivity contribution < 1.29 is 33.4 Å². The number of aryl methyl sites for hydroxylation is 1. The van der Waals surface area contributed by atoms with Crippen LogP contribution in [0, 0.1) is 13.8 Å². The summed E-state index contributed by atoms with van der Waals surface area (Å²) < 4.78 is 10.7. The quantitative estimate of drug-likeness (QED) is 0.0367. The lowest BCUT2D eigenvalue weighted by atomic mass is 10.00. The van der Waals surface area contributed by atoms with Crippen molar-refractivity contribution in [3.05, 3.63) is 130 Å². The summed E-state index contributed by atoms with van der Waals surface area (Å²) in [6.07, 6.45) is 8.79. The van der Waals surface area contributed by atoms with Crippen LogP contribution >= 0.6 is 0 Å². The molecule has 0 spiro atoms. The number of nitrogens with zero attached hydrogens (tertiary/aromatic N) is 3. The van der Waals surface area contributed by atoms with Crippen molar-refractivity contribution in [3.8, 4) is 16.9 Å². The highest BCUT2D eigenvalue weighted by atomic mass is 16.5. The number of nitrogens with one attached hydrogen (secondary N) is 4. The first-order valence-electron chi connectivity index (χ1n) is 20.7. The third kappa shape index (κ3) is 11.4. The molecule has 0 saturated carbocycles. The average Bonchev–Trinajstić information content (AvgIpc) is 3.99. The Labute approximate surface area is 361 Å².